The van der Waals surface area contributed by atoms with Gasteiger partial charge in [0.2, 0.25) is 11.7 Å². The van der Waals surface area contributed by atoms with Crippen molar-refractivity contribution in [3.8, 4) is 17.2 Å². The minimum atomic E-state index is 0.176. The Bertz CT molecular complexity index is 548. The summed E-state index contributed by atoms with van der Waals surface area (Å²) in [6.07, 6.45) is 1.07. The summed E-state index contributed by atoms with van der Waals surface area (Å²) in [4.78, 5) is 14.3. The molecule has 1 saturated heterocycles. The predicted octanol–water partition coefficient (Wildman–Crippen LogP) is 1.47. The molecule has 6 heteroatoms. The first-order chi connectivity index (χ1) is 11.1. The van der Waals surface area contributed by atoms with E-state index >= 15 is 0 Å². The zero-order valence-corrected chi connectivity index (χ0v) is 14.3. The highest BCUT2D eigenvalue weighted by Gasteiger charge is 2.21. The van der Waals surface area contributed by atoms with Crippen LogP contribution in [0.3, 0.4) is 0 Å². The normalized spacial score (nSPS) is 17.7. The van der Waals surface area contributed by atoms with E-state index in [4.69, 9.17) is 14.2 Å². The topological polar surface area (TPSA) is 60.0 Å². The molecule has 1 fully saturated rings. The van der Waals surface area contributed by atoms with E-state index in [1.807, 2.05) is 17.0 Å². The lowest BCUT2D eigenvalue weighted by Gasteiger charge is -2.32. The van der Waals surface area contributed by atoms with Gasteiger partial charge in [0.05, 0.1) is 21.3 Å². The van der Waals surface area contributed by atoms with E-state index in [1.165, 1.54) is 0 Å². The third-order valence-corrected chi connectivity index (χ3v) is 4.12. The van der Waals surface area contributed by atoms with Crippen LogP contribution in [0, 0.1) is 0 Å². The first kappa shape index (κ1) is 17.4. The Kier molecular flexibility index (Phi) is 6.10. The number of amides is 1. The van der Waals surface area contributed by atoms with E-state index in [0.717, 1.165) is 25.2 Å². The van der Waals surface area contributed by atoms with Crippen LogP contribution in [0.4, 0.5) is 0 Å². The fourth-order valence-electron chi connectivity index (χ4n) is 2.92. The quantitative estimate of drug-likeness (QED) is 0.859. The maximum absolute atomic E-state index is 12.4. The molecule has 128 valence electrons. The Labute approximate surface area is 137 Å². The van der Waals surface area contributed by atoms with Crippen LogP contribution in [-0.4, -0.2) is 57.8 Å². The summed E-state index contributed by atoms with van der Waals surface area (Å²) in [5.41, 5.74) is 0.946. The molecule has 2 rings (SSSR count). The molecule has 6 nitrogen and oxygen atoms in total. The number of hydrogen-bond acceptors (Lipinski definition) is 5. The summed E-state index contributed by atoms with van der Waals surface area (Å²) >= 11 is 0. The van der Waals surface area contributed by atoms with Gasteiger partial charge in [-0.1, -0.05) is 6.07 Å². The summed E-state index contributed by atoms with van der Waals surface area (Å²) in [7, 11) is 4.77. The average molecular weight is 322 g/mol. The van der Waals surface area contributed by atoms with Gasteiger partial charge in [-0.15, -0.1) is 0 Å². The molecule has 23 heavy (non-hydrogen) atoms. The van der Waals surface area contributed by atoms with Crippen LogP contribution in [0.25, 0.3) is 0 Å². The third kappa shape index (κ3) is 4.07. The van der Waals surface area contributed by atoms with Crippen LogP contribution < -0.4 is 19.5 Å². The summed E-state index contributed by atoms with van der Waals surface area (Å²) in [5, 5.41) is 3.34. The highest BCUT2D eigenvalue weighted by Crippen LogP contribution is 2.40. The molecule has 1 aromatic carbocycles. The van der Waals surface area contributed by atoms with Crippen LogP contribution in [0.1, 0.15) is 18.9 Å². The molecule has 1 N–H and O–H groups in total. The summed E-state index contributed by atoms with van der Waals surface area (Å²) in [5.74, 6) is 2.00. The first-order valence-electron chi connectivity index (χ1n) is 7.89. The molecule has 1 unspecified atom stereocenters. The van der Waals surface area contributed by atoms with E-state index in [1.54, 1.807) is 21.3 Å². The van der Waals surface area contributed by atoms with Gasteiger partial charge in [-0.05, 0) is 25.0 Å². The van der Waals surface area contributed by atoms with Crippen molar-refractivity contribution in [3.63, 3.8) is 0 Å². The minimum absolute atomic E-state index is 0.176. The maximum Gasteiger partial charge on any atom is 0.223 e. The predicted molar refractivity (Wildman–Crippen MR) is 88.5 cm³/mol. The summed E-state index contributed by atoms with van der Waals surface area (Å²) < 4.78 is 16.1. The number of aryl methyl sites for hydroxylation is 1. The lowest BCUT2D eigenvalue weighted by atomic mass is 10.1. The van der Waals surface area contributed by atoms with E-state index in [9.17, 15) is 4.79 Å². The van der Waals surface area contributed by atoms with Gasteiger partial charge in [-0.2, -0.15) is 0 Å². The van der Waals surface area contributed by atoms with Gasteiger partial charge in [-0.3, -0.25) is 4.79 Å². The molecule has 0 spiro atoms. The maximum atomic E-state index is 12.4. The monoisotopic (exact) mass is 322 g/mol. The van der Waals surface area contributed by atoms with E-state index in [-0.39, 0.29) is 5.91 Å². The van der Waals surface area contributed by atoms with Gasteiger partial charge in [-0.25, -0.2) is 0 Å². The molecule has 1 aliphatic rings. The highest BCUT2D eigenvalue weighted by molar-refractivity contribution is 5.77. The van der Waals surface area contributed by atoms with E-state index in [0.29, 0.717) is 36.1 Å². The van der Waals surface area contributed by atoms with Gasteiger partial charge in [0.15, 0.2) is 11.5 Å². The summed E-state index contributed by atoms with van der Waals surface area (Å²) in [6.45, 7) is 4.48. The molecule has 1 heterocycles. The number of benzene rings is 1. The van der Waals surface area contributed by atoms with Crippen molar-refractivity contribution >= 4 is 5.91 Å². The molecule has 1 aliphatic heterocycles. The van der Waals surface area contributed by atoms with Crippen molar-refractivity contribution in [1.82, 2.24) is 10.2 Å². The Morgan fingerprint density at radius 1 is 1.22 bits per heavy atom. The highest BCUT2D eigenvalue weighted by atomic mass is 16.5. The van der Waals surface area contributed by atoms with Crippen molar-refractivity contribution in [2.24, 2.45) is 0 Å². The second kappa shape index (κ2) is 8.06. The SMILES string of the molecule is COc1ccc(CCC(=O)N2CCNC(C)C2)c(OC)c1OC. The molecule has 1 aromatic rings. The Balaban J connectivity index is 2.06. The van der Waals surface area contributed by atoms with Crippen molar-refractivity contribution in [3.05, 3.63) is 17.7 Å². The van der Waals surface area contributed by atoms with Crippen molar-refractivity contribution in [2.45, 2.75) is 25.8 Å². The van der Waals surface area contributed by atoms with E-state index < -0.39 is 0 Å². The van der Waals surface area contributed by atoms with Gasteiger partial charge >= 0.3 is 0 Å². The number of carbonyl (C=O) groups excluding carboxylic acids is 1. The van der Waals surface area contributed by atoms with Crippen molar-refractivity contribution in [2.75, 3.05) is 41.0 Å². The largest absolute Gasteiger partial charge is 0.493 e. The van der Waals surface area contributed by atoms with Crippen molar-refractivity contribution in [1.29, 1.82) is 0 Å². The van der Waals surface area contributed by atoms with Crippen LogP contribution in [0.15, 0.2) is 12.1 Å². The number of rotatable bonds is 6. The molecule has 0 aromatic heterocycles. The second-order valence-corrected chi connectivity index (χ2v) is 5.69. The smallest absolute Gasteiger partial charge is 0.223 e. The van der Waals surface area contributed by atoms with Crippen LogP contribution in [-0.2, 0) is 11.2 Å². The fraction of sp³-hybridized carbons (Fsp3) is 0.588. The first-order valence-corrected chi connectivity index (χ1v) is 7.89. The number of nitrogens with zero attached hydrogens (tertiary/aromatic N) is 1. The number of carbonyl (C=O) groups is 1. The Hall–Kier alpha value is -1.95. The van der Waals surface area contributed by atoms with Gasteiger partial charge < -0.3 is 24.4 Å². The molecule has 0 aliphatic carbocycles. The Morgan fingerprint density at radius 3 is 2.57 bits per heavy atom. The number of nitrogens with one attached hydrogen (secondary N) is 1. The number of piperazine rings is 1. The van der Waals surface area contributed by atoms with Crippen LogP contribution in [0.5, 0.6) is 17.2 Å². The van der Waals surface area contributed by atoms with Gasteiger partial charge in [0, 0.05) is 32.1 Å². The number of methoxy groups -OCH3 is 3. The number of hydrogen-bond donors (Lipinski definition) is 1. The van der Waals surface area contributed by atoms with Gasteiger partial charge in [0.1, 0.15) is 0 Å². The van der Waals surface area contributed by atoms with E-state index in [2.05, 4.69) is 12.2 Å². The molecule has 0 bridgehead atoms. The molecule has 0 saturated carbocycles. The van der Waals surface area contributed by atoms with Crippen LogP contribution >= 0.6 is 0 Å². The molecular formula is C17H26N2O4. The van der Waals surface area contributed by atoms with Crippen LogP contribution in [0.2, 0.25) is 0 Å². The van der Waals surface area contributed by atoms with Crippen molar-refractivity contribution < 1.29 is 19.0 Å². The molecule has 0 radical (unpaired) electrons. The summed E-state index contributed by atoms with van der Waals surface area (Å²) in [6, 6.07) is 4.12. The molecule has 1 atom stereocenters. The zero-order chi connectivity index (χ0) is 16.8. The third-order valence-electron chi connectivity index (χ3n) is 4.12. The standard InChI is InChI=1S/C17H26N2O4/c1-12-11-19(10-9-18-12)15(20)8-6-13-5-7-14(21-2)17(23-4)16(13)22-3/h5,7,12,18H,6,8-11H2,1-4H3. The minimum Gasteiger partial charge on any atom is -0.493 e. The zero-order valence-electron chi connectivity index (χ0n) is 14.3. The lowest BCUT2D eigenvalue weighted by Crippen LogP contribution is -2.51. The molecule has 1 amide bonds. The molecular weight excluding hydrogens is 296 g/mol. The lowest BCUT2D eigenvalue weighted by molar-refractivity contribution is -0.132. The second-order valence-electron chi connectivity index (χ2n) is 5.69. The number of ether oxygens (including phenoxy) is 3. The van der Waals surface area contributed by atoms with Gasteiger partial charge in [0.25, 0.3) is 0 Å². The fourth-order valence-corrected chi connectivity index (χ4v) is 2.92. The average Bonchev–Trinajstić information content (AvgIpc) is 2.58. The Morgan fingerprint density at radius 2 is 1.96 bits per heavy atom.